The molecule has 0 saturated carbocycles. The molecule has 3 aromatic rings. The Hall–Kier alpha value is -3.17. The van der Waals surface area contributed by atoms with Crippen molar-refractivity contribution in [2.45, 2.75) is 56.2 Å². The van der Waals surface area contributed by atoms with E-state index in [4.69, 9.17) is 16.3 Å². The van der Waals surface area contributed by atoms with E-state index in [1.165, 1.54) is 16.4 Å². The van der Waals surface area contributed by atoms with Crippen LogP contribution in [0.2, 0.25) is 0 Å². The molecule has 2 unspecified atom stereocenters. The maximum Gasteiger partial charge on any atom is 0.416 e. The van der Waals surface area contributed by atoms with Gasteiger partial charge >= 0.3 is 6.18 Å². The molecule has 6 rings (SSSR count). The Morgan fingerprint density at radius 3 is 2.42 bits per heavy atom. The van der Waals surface area contributed by atoms with Crippen molar-refractivity contribution in [3.05, 3.63) is 65.4 Å². The first-order valence-electron chi connectivity index (χ1n) is 14.6. The molecule has 10 nitrogen and oxygen atoms in total. The molecule has 1 amide bonds. The van der Waals surface area contributed by atoms with Crippen molar-refractivity contribution in [3.8, 4) is 17.0 Å². The summed E-state index contributed by atoms with van der Waals surface area (Å²) in [5.41, 5.74) is 1.02. The van der Waals surface area contributed by atoms with Crippen molar-refractivity contribution < 1.29 is 36.2 Å². The lowest BCUT2D eigenvalue weighted by Gasteiger charge is -2.42. The highest BCUT2D eigenvalue weighted by molar-refractivity contribution is 7.88. The lowest BCUT2D eigenvalue weighted by Crippen LogP contribution is -2.53. The SMILES string of the molecule is CS(=O)(=O)N1CCc2c(c(-c3ccc(C(F)(F)F)cc3)nn2CC(O)CN2CCC(N3C(=O)C(Cl)Oc4ccccc43)CC2)C1. The Kier molecular flexibility index (Phi) is 8.63. The van der Waals surface area contributed by atoms with Gasteiger partial charge in [-0.15, -0.1) is 0 Å². The van der Waals surface area contributed by atoms with Crippen molar-refractivity contribution in [2.24, 2.45) is 0 Å². The molecule has 3 aliphatic rings. The second-order valence-electron chi connectivity index (χ2n) is 11.7. The molecule has 2 aromatic carbocycles. The largest absolute Gasteiger partial charge is 0.463 e. The van der Waals surface area contributed by atoms with E-state index in [2.05, 4.69) is 10.00 Å². The van der Waals surface area contributed by atoms with E-state index in [9.17, 15) is 31.5 Å². The Labute approximate surface area is 264 Å². The number of benzene rings is 2. The fourth-order valence-corrected chi connectivity index (χ4v) is 7.37. The number of halogens is 4. The fraction of sp³-hybridized carbons (Fsp3) is 0.467. The zero-order chi connectivity index (χ0) is 32.1. The number of hydrogen-bond donors (Lipinski definition) is 1. The summed E-state index contributed by atoms with van der Waals surface area (Å²) < 4.78 is 72.7. The summed E-state index contributed by atoms with van der Waals surface area (Å²) in [5, 5.41) is 15.8. The summed E-state index contributed by atoms with van der Waals surface area (Å²) in [6, 6.07) is 11.8. The topological polar surface area (TPSA) is 108 Å². The smallest absolute Gasteiger partial charge is 0.416 e. The number of β-amino-alcohol motifs (C(OH)–C–C–N with tert-alkyl or cyclic N) is 1. The molecule has 1 saturated heterocycles. The number of aliphatic hydroxyl groups excluding tert-OH is 1. The maximum atomic E-state index is 13.2. The highest BCUT2D eigenvalue weighted by atomic mass is 35.5. The van der Waals surface area contributed by atoms with Crippen LogP contribution in [0.5, 0.6) is 5.75 Å². The van der Waals surface area contributed by atoms with Crippen LogP contribution >= 0.6 is 11.6 Å². The van der Waals surface area contributed by atoms with E-state index in [0.717, 1.165) is 24.1 Å². The number of carbonyl (C=O) groups is 1. The third kappa shape index (κ3) is 6.57. The molecule has 0 radical (unpaired) electrons. The quantitative estimate of drug-likeness (QED) is 0.383. The van der Waals surface area contributed by atoms with Crippen LogP contribution in [0.15, 0.2) is 48.5 Å². The normalized spacial score (nSPS) is 20.9. The number of ether oxygens (including phenoxy) is 1. The van der Waals surface area contributed by atoms with Crippen LogP contribution in [-0.2, 0) is 40.5 Å². The molecule has 2 atom stereocenters. The first-order valence-corrected chi connectivity index (χ1v) is 16.9. The number of anilines is 1. The molecular weight excluding hydrogens is 635 g/mol. The average Bonchev–Trinajstić information content (AvgIpc) is 3.35. The molecule has 0 bridgehead atoms. The van der Waals surface area contributed by atoms with Gasteiger partial charge in [0.15, 0.2) is 0 Å². The third-order valence-electron chi connectivity index (χ3n) is 8.62. The molecular formula is C30H33ClF3N5O5S. The number of hydrogen-bond acceptors (Lipinski definition) is 7. The van der Waals surface area contributed by atoms with Crippen molar-refractivity contribution in [2.75, 3.05) is 37.3 Å². The number of sulfonamides is 1. The van der Waals surface area contributed by atoms with Gasteiger partial charge in [0, 0.05) is 62.0 Å². The minimum Gasteiger partial charge on any atom is -0.463 e. The van der Waals surface area contributed by atoms with Gasteiger partial charge in [-0.1, -0.05) is 35.9 Å². The number of piperidine rings is 1. The van der Waals surface area contributed by atoms with Gasteiger partial charge in [-0.3, -0.25) is 9.48 Å². The second kappa shape index (κ2) is 12.2. The van der Waals surface area contributed by atoms with Crippen molar-refractivity contribution in [1.82, 2.24) is 19.0 Å². The first-order chi connectivity index (χ1) is 21.3. The van der Waals surface area contributed by atoms with Gasteiger partial charge in [-0.05, 0) is 37.1 Å². The number of carbonyl (C=O) groups excluding carboxylic acids is 1. The molecule has 242 valence electrons. The minimum absolute atomic E-state index is 0.0423. The Bertz CT molecular complexity index is 1680. The Balaban J connectivity index is 1.15. The van der Waals surface area contributed by atoms with Crippen LogP contribution in [0, 0.1) is 0 Å². The molecule has 45 heavy (non-hydrogen) atoms. The van der Waals surface area contributed by atoms with Gasteiger partial charge in [-0.25, -0.2) is 8.42 Å². The van der Waals surface area contributed by atoms with Crippen LogP contribution < -0.4 is 9.64 Å². The van der Waals surface area contributed by atoms with Gasteiger partial charge in [-0.2, -0.15) is 22.6 Å². The highest BCUT2D eigenvalue weighted by Crippen LogP contribution is 2.38. The van der Waals surface area contributed by atoms with E-state index in [1.807, 2.05) is 18.2 Å². The summed E-state index contributed by atoms with van der Waals surface area (Å²) in [6.07, 6.45) is -2.49. The number of nitrogens with zero attached hydrogens (tertiary/aromatic N) is 5. The molecule has 0 aliphatic carbocycles. The van der Waals surface area contributed by atoms with Gasteiger partial charge < -0.3 is 19.6 Å². The molecule has 0 spiro atoms. The summed E-state index contributed by atoms with van der Waals surface area (Å²) in [4.78, 5) is 16.8. The monoisotopic (exact) mass is 667 g/mol. The Morgan fingerprint density at radius 1 is 1.07 bits per heavy atom. The van der Waals surface area contributed by atoms with Crippen LogP contribution in [0.4, 0.5) is 18.9 Å². The summed E-state index contributed by atoms with van der Waals surface area (Å²) in [6.45, 7) is 2.03. The lowest BCUT2D eigenvalue weighted by atomic mass is 10.0. The zero-order valence-electron chi connectivity index (χ0n) is 24.5. The third-order valence-corrected chi connectivity index (χ3v) is 10.1. The number of alkyl halides is 4. The number of likely N-dealkylation sites (tertiary alicyclic amines) is 1. The van der Waals surface area contributed by atoms with Gasteiger partial charge in [0.1, 0.15) is 5.75 Å². The second-order valence-corrected chi connectivity index (χ2v) is 14.1. The average molecular weight is 668 g/mol. The lowest BCUT2D eigenvalue weighted by molar-refractivity contribution is -0.137. The van der Waals surface area contributed by atoms with Crippen LogP contribution in [0.1, 0.15) is 29.7 Å². The number of aliphatic hydroxyl groups is 1. The molecule has 1 aromatic heterocycles. The van der Waals surface area contributed by atoms with E-state index < -0.39 is 33.4 Å². The summed E-state index contributed by atoms with van der Waals surface area (Å²) in [5.74, 6) is 0.267. The first kappa shape index (κ1) is 31.8. The predicted molar refractivity (Wildman–Crippen MR) is 161 cm³/mol. The number of amides is 1. The number of aromatic nitrogens is 2. The van der Waals surface area contributed by atoms with E-state index in [1.54, 1.807) is 15.6 Å². The number of rotatable bonds is 7. The summed E-state index contributed by atoms with van der Waals surface area (Å²) in [7, 11) is -3.51. The van der Waals surface area contributed by atoms with Crippen LogP contribution in [0.25, 0.3) is 11.3 Å². The standard InChI is InChI=1S/C30H33ClF3N5O5S/c1-45(42,43)37-15-12-24-23(18-37)27(19-6-8-20(9-7-19)30(32,33)34)35-38(24)17-22(40)16-36-13-10-21(11-14-36)39-25-4-2-3-5-26(25)44-28(31)29(39)41/h2-9,21-22,28,40H,10-18H2,1H3. The van der Waals surface area contributed by atoms with Gasteiger partial charge in [0.05, 0.1) is 35.8 Å². The number of para-hydroxylation sites is 2. The number of fused-ring (bicyclic) bond motifs is 2. The maximum absolute atomic E-state index is 13.2. The van der Waals surface area contributed by atoms with Crippen molar-refractivity contribution in [3.63, 3.8) is 0 Å². The van der Waals surface area contributed by atoms with Crippen molar-refractivity contribution in [1.29, 1.82) is 0 Å². The van der Waals surface area contributed by atoms with E-state index >= 15 is 0 Å². The highest BCUT2D eigenvalue weighted by Gasteiger charge is 2.39. The fourth-order valence-electron chi connectivity index (χ4n) is 6.39. The molecule has 15 heteroatoms. The zero-order valence-corrected chi connectivity index (χ0v) is 26.0. The minimum atomic E-state index is -4.49. The molecule has 1 N–H and O–H groups in total. The van der Waals surface area contributed by atoms with Gasteiger partial charge in [0.2, 0.25) is 10.0 Å². The summed E-state index contributed by atoms with van der Waals surface area (Å²) >= 11 is 6.19. The molecule has 3 aliphatic heterocycles. The molecule has 4 heterocycles. The molecule has 1 fully saturated rings. The van der Waals surface area contributed by atoms with Crippen LogP contribution in [0.3, 0.4) is 0 Å². The van der Waals surface area contributed by atoms with Crippen LogP contribution in [-0.4, -0.2) is 88.6 Å². The van der Waals surface area contributed by atoms with E-state index in [-0.39, 0.29) is 31.6 Å². The van der Waals surface area contributed by atoms with Gasteiger partial charge in [0.25, 0.3) is 11.5 Å². The predicted octanol–water partition coefficient (Wildman–Crippen LogP) is 3.70. The Morgan fingerprint density at radius 2 is 1.76 bits per heavy atom. The van der Waals surface area contributed by atoms with Crippen molar-refractivity contribution >= 4 is 33.2 Å². The van der Waals surface area contributed by atoms with E-state index in [0.29, 0.717) is 67.2 Å².